The molecule has 7 N–H and O–H groups in total. The van der Waals surface area contributed by atoms with Crippen LogP contribution in [0.25, 0.3) is 11.0 Å². The number of aromatic nitrogens is 3. The highest BCUT2D eigenvalue weighted by Crippen LogP contribution is 2.84. The van der Waals surface area contributed by atoms with Crippen molar-refractivity contribution in [1.82, 2.24) is 25.2 Å². The van der Waals surface area contributed by atoms with Gasteiger partial charge in [-0.2, -0.15) is 0 Å². The number of aliphatic hydroxyl groups excluding tert-OH is 2. The van der Waals surface area contributed by atoms with Crippen LogP contribution in [0.5, 0.6) is 0 Å². The Bertz CT molecular complexity index is 3450. The number of ether oxygens (including phenoxy) is 2. The molecule has 4 aromatic rings. The maximum Gasteiger partial charge on any atom is 0.160 e. The van der Waals surface area contributed by atoms with Crippen molar-refractivity contribution in [3.63, 3.8) is 0 Å². The second kappa shape index (κ2) is 19.4. The Morgan fingerprint density at radius 1 is 0.859 bits per heavy atom. The van der Waals surface area contributed by atoms with Gasteiger partial charge in [0.1, 0.15) is 17.7 Å². The monoisotopic (exact) mass is 1160 g/mol. The van der Waals surface area contributed by atoms with Gasteiger partial charge in [-0.3, -0.25) is 14.4 Å². The summed E-state index contributed by atoms with van der Waals surface area (Å²) in [6, 6.07) is 6.93. The normalized spacial score (nSPS) is 41.6. The molecule has 13 heteroatoms. The van der Waals surface area contributed by atoms with Crippen LogP contribution >= 0.6 is 0 Å². The molecular weight excluding hydrogens is 1060 g/mol. The second-order valence-corrected chi connectivity index (χ2v) is 31.7. The van der Waals surface area contributed by atoms with Gasteiger partial charge in [0, 0.05) is 97.6 Å². The zero-order valence-electron chi connectivity index (χ0n) is 52.4. The molecule has 0 amide bonds. The van der Waals surface area contributed by atoms with Crippen LogP contribution in [0.15, 0.2) is 47.9 Å². The molecule has 0 radical (unpaired) electrons. The summed E-state index contributed by atoms with van der Waals surface area (Å²) < 4.78 is 14.5. The van der Waals surface area contributed by atoms with Gasteiger partial charge in [-0.05, 0) is 214 Å². The summed E-state index contributed by atoms with van der Waals surface area (Å²) in [5.74, 6) is 0.0860. The van der Waals surface area contributed by atoms with E-state index in [2.05, 4.69) is 96.6 Å². The Hall–Kier alpha value is -4.21. The number of allylic oxidation sites excluding steroid dienone is 1. The number of fused-ring (bicyclic) bond motifs is 9. The number of aromatic amines is 2. The van der Waals surface area contributed by atoms with Gasteiger partial charge in [-0.25, -0.2) is 0 Å². The molecule has 7 fully saturated rings. The van der Waals surface area contributed by atoms with Crippen LogP contribution in [-0.4, -0.2) is 112 Å². The molecule has 11 aliphatic rings. The number of ketones is 3. The quantitative estimate of drug-likeness (QED) is 0.0711. The summed E-state index contributed by atoms with van der Waals surface area (Å²) in [4.78, 5) is 55.0. The van der Waals surface area contributed by atoms with Gasteiger partial charge in [0.2, 0.25) is 0 Å². The number of nitrogens with zero attached hydrogens (tertiary/aromatic N) is 1. The van der Waals surface area contributed by atoms with Gasteiger partial charge in [-0.15, -0.1) is 0 Å². The number of Topliss-reactive ketones (excluding diaryl/α,β-unsaturated/α-hetero) is 3. The van der Waals surface area contributed by atoms with Gasteiger partial charge in [0.15, 0.2) is 5.78 Å². The fraction of sp³-hybridized carbons (Fsp3) is 0.708. The van der Waals surface area contributed by atoms with E-state index in [9.17, 15) is 15.3 Å². The predicted molar refractivity (Wildman–Crippen MR) is 327 cm³/mol. The molecule has 3 aliphatic heterocycles. The number of rotatable bonds is 11. The first-order valence-electron chi connectivity index (χ1n) is 33.5. The third kappa shape index (κ3) is 7.68. The highest BCUT2D eigenvalue weighted by molar-refractivity contribution is 6.02. The minimum absolute atomic E-state index is 0.00580. The lowest BCUT2D eigenvalue weighted by Crippen LogP contribution is -2.74. The van der Waals surface area contributed by atoms with E-state index in [4.69, 9.17) is 9.47 Å². The Morgan fingerprint density at radius 3 is 2.39 bits per heavy atom. The fourth-order valence-corrected chi connectivity index (χ4v) is 23.5. The van der Waals surface area contributed by atoms with Gasteiger partial charge >= 0.3 is 0 Å². The second-order valence-electron chi connectivity index (χ2n) is 31.7. The van der Waals surface area contributed by atoms with E-state index in [1.54, 1.807) is 0 Å². The third-order valence-electron chi connectivity index (χ3n) is 27.6. The summed E-state index contributed by atoms with van der Waals surface area (Å²) in [7, 11) is 4.04. The Labute approximate surface area is 503 Å². The standard InChI is InChI=1S/C72H97N5O8/c1-65(2)64(85-65)52(80)33-66(3)20-16-41-36-76-59-47(54-46-30-42(43-13-11-10-12-40(43)35-74-9)31-49(44(46)14-15-50(54)78)72(83)24-28-84-29-25-72)37-77(60(41)59)38-48-55-57(66)51(79)34-69(55,6)68(5)21-18-53-67(4,23-27-73-8)63(82)56-45-19-26-75-58(45)39-17-22-71(56,32-39)70(53,7)62(68)61(48)81/h19,26,30-31,36-37,39-40,43,48,52-54,56,61-62,64,73-76,80-81,83H,10-18,20-25,27-29,32-35,38H2,1-9H3. The molecule has 3 aromatic heterocycles. The molecule has 6 heterocycles. The minimum Gasteiger partial charge on any atom is -0.392 e. The number of hydrogen-bond donors (Lipinski definition) is 7. The highest BCUT2D eigenvalue weighted by atomic mass is 16.6. The van der Waals surface area contributed by atoms with E-state index in [0.717, 1.165) is 114 Å². The number of benzene rings is 1. The van der Waals surface area contributed by atoms with Crippen molar-refractivity contribution < 1.29 is 39.2 Å². The number of nitrogens with one attached hydrogen (secondary N) is 4. The number of epoxide rings is 1. The number of aliphatic hydroxyl groups is 3. The van der Waals surface area contributed by atoms with Crippen molar-refractivity contribution in [2.24, 2.45) is 56.2 Å². The lowest BCUT2D eigenvalue weighted by atomic mass is 9.28. The maximum absolute atomic E-state index is 16.1. The lowest BCUT2D eigenvalue weighted by Gasteiger charge is -2.76. The van der Waals surface area contributed by atoms with E-state index < -0.39 is 67.7 Å². The summed E-state index contributed by atoms with van der Waals surface area (Å²) in [6.45, 7) is 19.0. The first-order valence-corrected chi connectivity index (χ1v) is 33.5. The van der Waals surface area contributed by atoms with Crippen LogP contribution in [-0.2, 0) is 48.8 Å². The molecule has 13 nitrogen and oxygen atoms in total. The highest BCUT2D eigenvalue weighted by Gasteiger charge is 2.80. The van der Waals surface area contributed by atoms with E-state index in [1.807, 2.05) is 27.9 Å². The van der Waals surface area contributed by atoms with E-state index >= 15 is 14.4 Å². The molecule has 2 bridgehead atoms. The summed E-state index contributed by atoms with van der Waals surface area (Å²) in [5.41, 5.74) is 7.61. The van der Waals surface area contributed by atoms with Crippen LogP contribution in [0, 0.1) is 56.2 Å². The van der Waals surface area contributed by atoms with E-state index in [1.165, 1.54) is 23.2 Å². The molecule has 458 valence electrons. The Balaban J connectivity index is 0.935. The zero-order valence-corrected chi connectivity index (χ0v) is 52.4. The van der Waals surface area contributed by atoms with Crippen LogP contribution in [0.1, 0.15) is 220 Å². The largest absolute Gasteiger partial charge is 0.392 e. The number of carbonyl (C=O) groups excluding carboxylic acids is 3. The molecule has 17 unspecified atom stereocenters. The average molecular weight is 1160 g/mol. The molecule has 17 atom stereocenters. The first-order chi connectivity index (χ1) is 40.5. The zero-order chi connectivity index (χ0) is 59.3. The number of H-pyrrole nitrogens is 2. The average Bonchev–Trinajstić information content (AvgIpc) is 1.64. The van der Waals surface area contributed by atoms with Crippen molar-refractivity contribution in [2.75, 3.05) is 40.4 Å². The molecular formula is C72H97N5O8. The van der Waals surface area contributed by atoms with E-state index in [0.29, 0.717) is 95.2 Å². The van der Waals surface area contributed by atoms with Crippen LogP contribution in [0.2, 0.25) is 0 Å². The number of aryl methyl sites for hydroxylation is 1. The van der Waals surface area contributed by atoms with Crippen molar-refractivity contribution >= 4 is 28.4 Å². The van der Waals surface area contributed by atoms with Gasteiger partial charge in [0.05, 0.1) is 46.3 Å². The van der Waals surface area contributed by atoms with Gasteiger partial charge in [-0.1, -0.05) is 59.6 Å². The van der Waals surface area contributed by atoms with E-state index in [-0.39, 0.29) is 41.3 Å². The molecule has 1 aromatic carbocycles. The fourth-order valence-electron chi connectivity index (χ4n) is 23.5. The van der Waals surface area contributed by atoms with Gasteiger partial charge in [0.25, 0.3) is 0 Å². The van der Waals surface area contributed by atoms with Crippen molar-refractivity contribution in [3.05, 3.63) is 92.6 Å². The molecule has 8 aliphatic carbocycles. The third-order valence-corrected chi connectivity index (χ3v) is 27.6. The van der Waals surface area contributed by atoms with Crippen molar-refractivity contribution in [3.8, 4) is 0 Å². The maximum atomic E-state index is 16.1. The molecule has 85 heavy (non-hydrogen) atoms. The molecule has 1 spiro atoms. The summed E-state index contributed by atoms with van der Waals surface area (Å²) in [6.07, 6.45) is 18.0. The topological polar surface area (TPSA) is 194 Å². The number of hydrogen-bond acceptors (Lipinski definition) is 10. The Kier molecular flexibility index (Phi) is 13.1. The minimum atomic E-state index is -1.07. The molecule has 5 saturated carbocycles. The first kappa shape index (κ1) is 57.2. The van der Waals surface area contributed by atoms with Crippen LogP contribution in [0.4, 0.5) is 0 Å². The lowest BCUT2D eigenvalue weighted by molar-refractivity contribution is -0.267. The molecule has 2 saturated heterocycles. The summed E-state index contributed by atoms with van der Waals surface area (Å²) >= 11 is 0. The smallest absolute Gasteiger partial charge is 0.160 e. The predicted octanol–water partition coefficient (Wildman–Crippen LogP) is 10.9. The summed E-state index contributed by atoms with van der Waals surface area (Å²) in [5, 5.41) is 47.0. The number of carbonyl (C=O) groups is 3. The SMILES string of the molecule is CNCCC1(C)C(=O)C2c3cc[nH]c3C3CCC2(C3)C2(C)C1CCC1(C)C2C(O)C2Cn3cc(C4C(=O)CCc5c4cc(C4CCCCC4CNC)cc5C4(O)CCOCC4)c4[nH]cc(c43)CCC(C)(CC(O)C3OC3(C)C)C3=C2C1(C)CC3=O. The van der Waals surface area contributed by atoms with Crippen molar-refractivity contribution in [1.29, 1.82) is 0 Å². The van der Waals surface area contributed by atoms with Crippen LogP contribution in [0.3, 0.4) is 0 Å². The van der Waals surface area contributed by atoms with Gasteiger partial charge < -0.3 is 50.0 Å². The Morgan fingerprint density at radius 2 is 1.64 bits per heavy atom. The van der Waals surface area contributed by atoms with Crippen LogP contribution < -0.4 is 10.6 Å². The molecule has 15 rings (SSSR count). The van der Waals surface area contributed by atoms with Crippen molar-refractivity contribution in [2.45, 2.75) is 224 Å².